The van der Waals surface area contributed by atoms with Gasteiger partial charge in [0.15, 0.2) is 42.1 Å². The molecule has 0 saturated carbocycles. The Hall–Kier alpha value is -8.01. The van der Waals surface area contributed by atoms with Crippen molar-refractivity contribution in [3.63, 3.8) is 0 Å². The van der Waals surface area contributed by atoms with Gasteiger partial charge in [-0.05, 0) is 197 Å². The summed E-state index contributed by atoms with van der Waals surface area (Å²) in [7, 11) is -6.69. The number of carbonyl (C=O) groups excluding carboxylic acids is 4. The summed E-state index contributed by atoms with van der Waals surface area (Å²) in [5, 5.41) is 0. The molecular formula is C66H70F14O14Si3. The molecule has 0 unspecified atom stereocenters. The van der Waals surface area contributed by atoms with Crippen LogP contribution in [-0.2, 0) is 27.3 Å². The molecule has 2 atom stereocenters. The number of alkyl halides is 14. The van der Waals surface area contributed by atoms with E-state index < -0.39 is 111 Å². The van der Waals surface area contributed by atoms with E-state index in [2.05, 4.69) is 48.8 Å². The molecule has 0 aliphatic rings. The number of halogens is 14. The van der Waals surface area contributed by atoms with Crippen molar-refractivity contribution >= 4 is 49.1 Å². The van der Waals surface area contributed by atoms with E-state index in [0.717, 1.165) is 73.9 Å². The van der Waals surface area contributed by atoms with Crippen LogP contribution >= 0.6 is 0 Å². The molecule has 6 aromatic rings. The van der Waals surface area contributed by atoms with Gasteiger partial charge < -0.3 is 46.1 Å². The predicted octanol–water partition coefficient (Wildman–Crippen LogP) is 17.9. The first-order valence-corrected chi connectivity index (χ1v) is 39.1. The van der Waals surface area contributed by atoms with E-state index in [1.165, 1.54) is 48.5 Å². The Morgan fingerprint density at radius 2 is 0.639 bits per heavy atom. The Balaban J connectivity index is 0.827. The number of unbranched alkanes of at least 4 members (excludes halogenated alkanes) is 2. The van der Waals surface area contributed by atoms with Crippen LogP contribution in [0.25, 0.3) is 22.3 Å². The van der Waals surface area contributed by atoms with Crippen LogP contribution in [0, 0.1) is 0 Å². The molecule has 0 fully saturated rings. The highest BCUT2D eigenvalue weighted by atomic mass is 28.5. The molecule has 0 radical (unpaired) electrons. The first-order valence-electron chi connectivity index (χ1n) is 30.0. The molecule has 0 heterocycles. The van der Waals surface area contributed by atoms with Crippen molar-refractivity contribution < 1.29 is 127 Å². The number of hydrogen-bond donors (Lipinski definition) is 0. The van der Waals surface area contributed by atoms with E-state index in [9.17, 15) is 80.6 Å². The lowest BCUT2D eigenvalue weighted by atomic mass is 10.0. The first kappa shape index (κ1) is 78.0. The fourth-order valence-corrected chi connectivity index (χ4v) is 23.6. The lowest BCUT2D eigenvalue weighted by Gasteiger charge is -2.38. The van der Waals surface area contributed by atoms with Gasteiger partial charge in [0, 0.05) is 0 Å². The van der Waals surface area contributed by atoms with Crippen LogP contribution in [0.4, 0.5) is 61.5 Å². The highest BCUT2D eigenvalue weighted by Gasteiger charge is 2.74. The van der Waals surface area contributed by atoms with Gasteiger partial charge in [-0.2, -0.15) is 61.5 Å². The number of rotatable bonds is 34. The summed E-state index contributed by atoms with van der Waals surface area (Å²) >= 11 is 0. The highest BCUT2D eigenvalue weighted by molar-refractivity contribution is 6.87. The number of esters is 4. The Morgan fingerprint density at radius 1 is 0.371 bits per heavy atom. The maximum Gasteiger partial charge on any atom is 0.460 e. The average molecular weight is 1440 g/mol. The highest BCUT2D eigenvalue weighted by Crippen LogP contribution is 2.48. The minimum atomic E-state index is -6.58. The molecule has 0 aliphatic heterocycles. The molecule has 0 spiro atoms. The van der Waals surface area contributed by atoms with Gasteiger partial charge in [0.1, 0.15) is 34.5 Å². The van der Waals surface area contributed by atoms with E-state index in [-0.39, 0.29) is 34.1 Å². The fourth-order valence-electron chi connectivity index (χ4n) is 9.39. The lowest BCUT2D eigenvalue weighted by molar-refractivity contribution is -0.360. The van der Waals surface area contributed by atoms with Crippen molar-refractivity contribution in [2.24, 2.45) is 0 Å². The molecule has 0 amide bonds. The summed E-state index contributed by atoms with van der Waals surface area (Å²) in [4.78, 5) is 49.8. The average Bonchev–Trinajstić information content (AvgIpc) is 0.785. The first-order chi connectivity index (χ1) is 45.0. The van der Waals surface area contributed by atoms with Gasteiger partial charge in [0.25, 0.3) is 0 Å². The second-order valence-electron chi connectivity index (χ2n) is 23.9. The molecule has 14 nitrogen and oxygen atoms in total. The number of benzene rings is 6. The van der Waals surface area contributed by atoms with Gasteiger partial charge in [-0.3, -0.25) is 0 Å². The van der Waals surface area contributed by atoms with E-state index in [1.807, 2.05) is 48.5 Å². The summed E-state index contributed by atoms with van der Waals surface area (Å²) < 4.78 is 236. The third-order valence-electron chi connectivity index (χ3n) is 14.3. The Bertz CT molecular complexity index is 3330. The third kappa shape index (κ3) is 22.5. The zero-order valence-corrected chi connectivity index (χ0v) is 56.6. The molecule has 528 valence electrons. The molecule has 31 heteroatoms. The maximum atomic E-state index is 13.5. The standard InChI is InChI=1S/C66H70F14O14Si3/c1-43(57(81)87-41-61(67,68)63(71,72)65(75,76)77)89-53-29-33-55(34-30-53)91-59(83)49-17-13-45(14-18-49)47-21-25-51(26-22-47)85-37-9-11-39-95(3,4)93-97(7,8)94-96(5,6)40-12-10-38-86-52-27-23-48(24-28-52)46-15-19-50(20-16-46)60(84)92-56-35-31-54(32-36-56)90-44(2)58(82)88-42-62(69,70)64(73,74)66(78,79)80/h13-36,43-44H,9-12,37-42H2,1-8H3/t43-,44-/m1/s1. The smallest absolute Gasteiger partial charge is 0.460 e. The van der Waals surface area contributed by atoms with Crippen molar-refractivity contribution in [2.45, 2.75) is 139 Å². The quantitative estimate of drug-likeness (QED) is 0.0123. The molecule has 0 aromatic heterocycles. The van der Waals surface area contributed by atoms with Crippen LogP contribution in [0.15, 0.2) is 146 Å². The fraction of sp³-hybridized carbons (Fsp3) is 0.394. The van der Waals surface area contributed by atoms with Gasteiger partial charge in [0.05, 0.1) is 24.3 Å². The normalized spacial score (nSPS) is 13.4. The van der Waals surface area contributed by atoms with Gasteiger partial charge in [-0.15, -0.1) is 0 Å². The molecule has 0 bridgehead atoms. The zero-order chi connectivity index (χ0) is 72.0. The van der Waals surface area contributed by atoms with E-state index >= 15 is 0 Å². The van der Waals surface area contributed by atoms with Crippen molar-refractivity contribution in [1.82, 2.24) is 0 Å². The molecule has 6 rings (SSSR count). The van der Waals surface area contributed by atoms with Gasteiger partial charge >= 0.3 is 68.5 Å². The third-order valence-corrected chi connectivity index (χ3v) is 25.8. The van der Waals surface area contributed by atoms with Gasteiger partial charge in [0.2, 0.25) is 0 Å². The van der Waals surface area contributed by atoms with Crippen LogP contribution < -0.4 is 28.4 Å². The lowest BCUT2D eigenvalue weighted by Crippen LogP contribution is -2.54. The molecule has 97 heavy (non-hydrogen) atoms. The van der Waals surface area contributed by atoms with Gasteiger partial charge in [-0.1, -0.05) is 61.4 Å². The monoisotopic (exact) mass is 1440 g/mol. The van der Waals surface area contributed by atoms with E-state index in [4.69, 9.17) is 36.7 Å². The van der Waals surface area contributed by atoms with Gasteiger partial charge in [-0.25, -0.2) is 19.2 Å². The SMILES string of the molecule is C[C@@H](Oc1ccc(OC(=O)c2ccc(-c3ccc(OCCCC[Si](C)(C)O[Si](C)(C)O[Si](C)(C)CCCCOc4ccc(-c5ccc(C(=O)Oc6ccc(O[C@H](C)C(=O)OCC(F)(F)C(F)(F)C(F)(F)F)cc6)cc5)cc4)cc3)cc2)cc1)C(=O)OCC(F)(F)C(F)(F)C(F)(F)F. The van der Waals surface area contributed by atoms with Crippen molar-refractivity contribution in [3.8, 4) is 56.8 Å². The Morgan fingerprint density at radius 3 is 0.928 bits per heavy atom. The van der Waals surface area contributed by atoms with Crippen LogP contribution in [0.3, 0.4) is 0 Å². The van der Waals surface area contributed by atoms with Crippen LogP contribution in [0.2, 0.25) is 51.4 Å². The maximum absolute atomic E-state index is 13.5. The summed E-state index contributed by atoms with van der Waals surface area (Å²) in [6.07, 6.45) is -13.1. The number of ether oxygens (including phenoxy) is 8. The Labute approximate surface area is 552 Å². The Kier molecular flexibility index (Phi) is 25.8. The van der Waals surface area contributed by atoms with E-state index in [0.29, 0.717) is 24.7 Å². The van der Waals surface area contributed by atoms with Crippen LogP contribution in [0.5, 0.6) is 34.5 Å². The van der Waals surface area contributed by atoms with Crippen molar-refractivity contribution in [3.05, 3.63) is 157 Å². The topological polar surface area (TPSA) is 161 Å². The summed E-state index contributed by atoms with van der Waals surface area (Å²) in [5.74, 6) is -27.7. The van der Waals surface area contributed by atoms with Crippen molar-refractivity contribution in [2.75, 3.05) is 26.4 Å². The zero-order valence-electron chi connectivity index (χ0n) is 53.6. The summed E-state index contributed by atoms with van der Waals surface area (Å²) in [6.45, 7) is 11.0. The second-order valence-corrected chi connectivity index (χ2v) is 36.4. The number of hydrogen-bond acceptors (Lipinski definition) is 14. The van der Waals surface area contributed by atoms with Crippen molar-refractivity contribution in [1.29, 1.82) is 0 Å². The van der Waals surface area contributed by atoms with E-state index in [1.54, 1.807) is 48.5 Å². The molecule has 6 aromatic carbocycles. The summed E-state index contributed by atoms with van der Waals surface area (Å²) in [5.41, 5.74) is 3.76. The van der Waals surface area contributed by atoms with Crippen LogP contribution in [-0.4, -0.2) is 124 Å². The molecule has 0 N–H and O–H groups in total. The summed E-state index contributed by atoms with van der Waals surface area (Å²) in [6, 6.07) is 40.1. The molecule has 0 aliphatic carbocycles. The number of carbonyl (C=O) groups is 4. The predicted molar refractivity (Wildman–Crippen MR) is 334 cm³/mol. The second kappa shape index (κ2) is 32.1. The minimum Gasteiger partial charge on any atom is -0.494 e. The van der Waals surface area contributed by atoms with Crippen LogP contribution in [0.1, 0.15) is 60.2 Å². The molecular weight excluding hydrogens is 1370 g/mol. The molecule has 0 saturated heterocycles. The minimum absolute atomic E-state index is 0.0481. The largest absolute Gasteiger partial charge is 0.494 e.